The predicted molar refractivity (Wildman–Crippen MR) is 103 cm³/mol. The van der Waals surface area contributed by atoms with E-state index in [4.69, 9.17) is 4.74 Å². The van der Waals surface area contributed by atoms with Crippen molar-refractivity contribution in [2.75, 3.05) is 0 Å². The van der Waals surface area contributed by atoms with Crippen molar-refractivity contribution >= 4 is 34.6 Å². The number of urea groups is 1. The van der Waals surface area contributed by atoms with Crippen LogP contribution in [0.25, 0.3) is 0 Å². The number of nitrogens with one attached hydrogen (secondary N) is 2. The molecule has 2 aromatic carbocycles. The molecule has 25 heavy (non-hydrogen) atoms. The number of ether oxygens (including phenoxy) is 1. The maximum atomic E-state index is 12.7. The fourth-order valence-electron chi connectivity index (χ4n) is 2.71. The molecule has 0 radical (unpaired) electrons. The number of allylic oxidation sites excluding steroid dienone is 1. The van der Waals surface area contributed by atoms with Crippen LogP contribution in [0.4, 0.5) is 4.79 Å². The molecule has 2 N–H and O–H groups in total. The first-order valence-electron chi connectivity index (χ1n) is 7.80. The van der Waals surface area contributed by atoms with E-state index in [1.165, 1.54) is 0 Å². The molecule has 0 spiro atoms. The molecule has 1 heterocycles. The summed E-state index contributed by atoms with van der Waals surface area (Å²) in [5.41, 5.74) is 2.70. The second kappa shape index (κ2) is 7.69. The first-order chi connectivity index (χ1) is 12.1. The minimum Gasteiger partial charge on any atom is -0.457 e. The first-order valence-corrected chi connectivity index (χ1v) is 8.88. The lowest BCUT2D eigenvalue weighted by Crippen LogP contribution is -2.45. The molecule has 2 amide bonds. The van der Waals surface area contributed by atoms with Crippen molar-refractivity contribution in [3.8, 4) is 0 Å². The third kappa shape index (κ3) is 4.01. The van der Waals surface area contributed by atoms with Gasteiger partial charge in [-0.1, -0.05) is 48.5 Å². The van der Waals surface area contributed by atoms with E-state index in [-0.39, 0.29) is 12.6 Å². The third-order valence-corrected chi connectivity index (χ3v) is 4.90. The summed E-state index contributed by atoms with van der Waals surface area (Å²) in [4.78, 5) is 24.6. The van der Waals surface area contributed by atoms with Gasteiger partial charge in [0.25, 0.3) is 0 Å². The molecule has 2 aromatic rings. The molecule has 1 aliphatic heterocycles. The SMILES string of the molecule is CC1=C(C(=O)OCc2ccccc2)C(c2ccccc2I)NC(=O)N1. The Labute approximate surface area is 159 Å². The molecule has 6 heteroatoms. The van der Waals surface area contributed by atoms with Gasteiger partial charge in [-0.3, -0.25) is 0 Å². The van der Waals surface area contributed by atoms with E-state index < -0.39 is 12.0 Å². The van der Waals surface area contributed by atoms with Crippen LogP contribution in [-0.2, 0) is 16.1 Å². The normalized spacial score (nSPS) is 16.9. The van der Waals surface area contributed by atoms with Gasteiger partial charge in [-0.2, -0.15) is 0 Å². The van der Waals surface area contributed by atoms with Crippen LogP contribution in [0.5, 0.6) is 0 Å². The summed E-state index contributed by atoms with van der Waals surface area (Å²) < 4.78 is 6.44. The van der Waals surface area contributed by atoms with Gasteiger partial charge in [-0.05, 0) is 46.7 Å². The van der Waals surface area contributed by atoms with Gasteiger partial charge in [-0.15, -0.1) is 0 Å². The van der Waals surface area contributed by atoms with Gasteiger partial charge in [0.1, 0.15) is 6.61 Å². The Morgan fingerprint density at radius 3 is 2.52 bits per heavy atom. The van der Waals surface area contributed by atoms with Crippen molar-refractivity contribution in [2.24, 2.45) is 0 Å². The van der Waals surface area contributed by atoms with E-state index in [2.05, 4.69) is 33.2 Å². The molecule has 0 aliphatic carbocycles. The maximum absolute atomic E-state index is 12.7. The van der Waals surface area contributed by atoms with Gasteiger partial charge in [0.2, 0.25) is 0 Å². The Bertz CT molecular complexity index is 834. The quantitative estimate of drug-likeness (QED) is 0.555. The number of hydrogen-bond acceptors (Lipinski definition) is 3. The highest BCUT2D eigenvalue weighted by Crippen LogP contribution is 2.30. The standard InChI is InChI=1S/C19H17IN2O3/c1-12-16(18(23)25-11-13-7-3-2-4-8-13)17(22-19(24)21-12)14-9-5-6-10-15(14)20/h2-10,17H,11H2,1H3,(H2,21,22,24). The summed E-state index contributed by atoms with van der Waals surface area (Å²) in [6.07, 6.45) is 0. The lowest BCUT2D eigenvalue weighted by molar-refractivity contribution is -0.140. The molecule has 0 fully saturated rings. The molecular weight excluding hydrogens is 431 g/mol. The molecule has 0 bridgehead atoms. The summed E-state index contributed by atoms with van der Waals surface area (Å²) >= 11 is 2.19. The minimum absolute atomic E-state index is 0.184. The Morgan fingerprint density at radius 1 is 1.12 bits per heavy atom. The van der Waals surface area contributed by atoms with E-state index in [1.54, 1.807) is 6.92 Å². The molecule has 128 valence electrons. The predicted octanol–water partition coefficient (Wildman–Crippen LogP) is 3.66. The Morgan fingerprint density at radius 2 is 1.80 bits per heavy atom. The van der Waals surface area contributed by atoms with Crippen LogP contribution in [-0.4, -0.2) is 12.0 Å². The van der Waals surface area contributed by atoms with Crippen molar-refractivity contribution in [1.82, 2.24) is 10.6 Å². The second-order valence-electron chi connectivity index (χ2n) is 5.65. The topological polar surface area (TPSA) is 67.4 Å². The monoisotopic (exact) mass is 448 g/mol. The molecule has 1 unspecified atom stereocenters. The number of rotatable bonds is 4. The summed E-state index contributed by atoms with van der Waals surface area (Å²) in [7, 11) is 0. The number of benzene rings is 2. The van der Waals surface area contributed by atoms with Gasteiger partial charge in [0.05, 0.1) is 11.6 Å². The van der Waals surface area contributed by atoms with Crippen molar-refractivity contribution in [3.05, 3.63) is 80.6 Å². The molecule has 3 rings (SSSR count). The van der Waals surface area contributed by atoms with Gasteiger partial charge in [0, 0.05) is 9.27 Å². The van der Waals surface area contributed by atoms with Crippen molar-refractivity contribution < 1.29 is 14.3 Å². The summed E-state index contributed by atoms with van der Waals surface area (Å²) in [5, 5.41) is 5.47. The zero-order valence-electron chi connectivity index (χ0n) is 13.6. The molecule has 0 aromatic heterocycles. The fourth-order valence-corrected chi connectivity index (χ4v) is 3.41. The van der Waals surface area contributed by atoms with Crippen LogP contribution in [0.2, 0.25) is 0 Å². The first kappa shape index (κ1) is 17.5. The highest BCUT2D eigenvalue weighted by Gasteiger charge is 2.33. The van der Waals surface area contributed by atoms with E-state index >= 15 is 0 Å². The molecule has 5 nitrogen and oxygen atoms in total. The van der Waals surface area contributed by atoms with E-state index in [1.807, 2.05) is 54.6 Å². The lowest BCUT2D eigenvalue weighted by Gasteiger charge is -2.28. The molecule has 1 aliphatic rings. The van der Waals surface area contributed by atoms with Gasteiger partial charge in [0.15, 0.2) is 0 Å². The fraction of sp³-hybridized carbons (Fsp3) is 0.158. The molecular formula is C19H17IN2O3. The van der Waals surface area contributed by atoms with Crippen LogP contribution in [0, 0.1) is 3.57 Å². The van der Waals surface area contributed by atoms with Crippen molar-refractivity contribution in [1.29, 1.82) is 0 Å². The number of carbonyl (C=O) groups excluding carboxylic acids is 2. The van der Waals surface area contributed by atoms with Gasteiger partial charge >= 0.3 is 12.0 Å². The third-order valence-electron chi connectivity index (χ3n) is 3.92. The summed E-state index contributed by atoms with van der Waals surface area (Å²) in [5.74, 6) is -0.446. The number of carbonyl (C=O) groups is 2. The van der Waals surface area contributed by atoms with Crippen LogP contribution in [0.15, 0.2) is 65.9 Å². The smallest absolute Gasteiger partial charge is 0.338 e. The number of esters is 1. The summed E-state index contributed by atoms with van der Waals surface area (Å²) in [6.45, 7) is 1.89. The largest absolute Gasteiger partial charge is 0.457 e. The average Bonchev–Trinajstić information content (AvgIpc) is 2.60. The Balaban J connectivity index is 1.87. The number of halogens is 1. The highest BCUT2D eigenvalue weighted by molar-refractivity contribution is 14.1. The number of amides is 2. The summed E-state index contributed by atoms with van der Waals surface area (Å²) in [6, 6.07) is 16.3. The van der Waals surface area contributed by atoms with Crippen LogP contribution < -0.4 is 10.6 Å². The zero-order chi connectivity index (χ0) is 17.8. The van der Waals surface area contributed by atoms with E-state index in [9.17, 15) is 9.59 Å². The second-order valence-corrected chi connectivity index (χ2v) is 6.82. The van der Waals surface area contributed by atoms with Crippen LogP contribution >= 0.6 is 22.6 Å². The number of hydrogen-bond donors (Lipinski definition) is 2. The lowest BCUT2D eigenvalue weighted by atomic mass is 9.95. The molecule has 0 saturated heterocycles. The van der Waals surface area contributed by atoms with E-state index in [0.717, 1.165) is 14.7 Å². The minimum atomic E-state index is -0.537. The van der Waals surface area contributed by atoms with E-state index in [0.29, 0.717) is 11.3 Å². The van der Waals surface area contributed by atoms with Crippen molar-refractivity contribution in [3.63, 3.8) is 0 Å². The van der Waals surface area contributed by atoms with Crippen LogP contribution in [0.3, 0.4) is 0 Å². The Hall–Kier alpha value is -2.35. The Kier molecular flexibility index (Phi) is 5.37. The maximum Gasteiger partial charge on any atom is 0.338 e. The average molecular weight is 448 g/mol. The molecule has 1 atom stereocenters. The van der Waals surface area contributed by atoms with Gasteiger partial charge < -0.3 is 15.4 Å². The van der Waals surface area contributed by atoms with Crippen LogP contribution in [0.1, 0.15) is 24.1 Å². The highest BCUT2D eigenvalue weighted by atomic mass is 127. The zero-order valence-corrected chi connectivity index (χ0v) is 15.7. The molecule has 0 saturated carbocycles. The van der Waals surface area contributed by atoms with Gasteiger partial charge in [-0.25, -0.2) is 9.59 Å². The van der Waals surface area contributed by atoms with Crippen molar-refractivity contribution in [2.45, 2.75) is 19.6 Å².